The van der Waals surface area contributed by atoms with E-state index in [0.29, 0.717) is 18.7 Å². The van der Waals surface area contributed by atoms with Crippen LogP contribution in [0.2, 0.25) is 0 Å². The number of carboxylic acid groups (broad SMARTS) is 1. The van der Waals surface area contributed by atoms with Crippen LogP contribution in [-0.4, -0.2) is 37.3 Å². The van der Waals surface area contributed by atoms with Crippen LogP contribution in [0.25, 0.3) is 0 Å². The van der Waals surface area contributed by atoms with Crippen LogP contribution in [0, 0.1) is 5.82 Å². The first kappa shape index (κ1) is 12.7. The van der Waals surface area contributed by atoms with Gasteiger partial charge in [-0.3, -0.25) is 4.90 Å². The summed E-state index contributed by atoms with van der Waals surface area (Å²) in [7, 11) is 0. The van der Waals surface area contributed by atoms with Crippen molar-refractivity contribution in [3.63, 3.8) is 0 Å². The minimum Gasteiger partial charge on any atom is -0.478 e. The fraction of sp³-hybridized carbons (Fsp3) is 0.308. The summed E-state index contributed by atoms with van der Waals surface area (Å²) in [4.78, 5) is 13.0. The molecular weight excluding hydrogens is 263 g/mol. The summed E-state index contributed by atoms with van der Waals surface area (Å²) in [5.74, 6) is -0.782. The molecule has 104 valence electrons. The summed E-state index contributed by atoms with van der Waals surface area (Å²) in [5, 5.41) is 16.8. The Bertz CT molecular complexity index is 656. The predicted octanol–water partition coefficient (Wildman–Crippen LogP) is 1.13. The molecule has 0 unspecified atom stereocenters. The van der Waals surface area contributed by atoms with E-state index in [9.17, 15) is 9.18 Å². The van der Waals surface area contributed by atoms with Crippen LogP contribution in [0.5, 0.6) is 0 Å². The quantitative estimate of drug-likeness (QED) is 0.910. The minimum atomic E-state index is -1.12. The maximum Gasteiger partial charge on any atom is 0.335 e. The first-order valence-corrected chi connectivity index (χ1v) is 6.23. The molecule has 2 aromatic rings. The summed E-state index contributed by atoms with van der Waals surface area (Å²) in [6.07, 6.45) is 1.69. The molecule has 6 nitrogen and oxygen atoms in total. The largest absolute Gasteiger partial charge is 0.478 e. The Balaban J connectivity index is 1.77. The van der Waals surface area contributed by atoms with Gasteiger partial charge in [0.05, 0.1) is 12.1 Å². The van der Waals surface area contributed by atoms with E-state index in [0.717, 1.165) is 25.0 Å². The molecule has 1 aromatic carbocycles. The number of fused-ring (bicyclic) bond motifs is 1. The lowest BCUT2D eigenvalue weighted by molar-refractivity contribution is 0.0696. The van der Waals surface area contributed by atoms with E-state index in [1.54, 1.807) is 6.33 Å². The summed E-state index contributed by atoms with van der Waals surface area (Å²) >= 11 is 0. The van der Waals surface area contributed by atoms with Crippen LogP contribution in [-0.2, 0) is 19.6 Å². The fourth-order valence-corrected chi connectivity index (χ4v) is 2.37. The Morgan fingerprint density at radius 3 is 3.00 bits per heavy atom. The third-order valence-corrected chi connectivity index (χ3v) is 3.33. The molecule has 0 saturated heterocycles. The molecule has 0 amide bonds. The molecule has 0 atom stereocenters. The van der Waals surface area contributed by atoms with Gasteiger partial charge in [-0.15, -0.1) is 10.2 Å². The molecule has 0 bridgehead atoms. The topological polar surface area (TPSA) is 71.2 Å². The SMILES string of the molecule is O=C(O)c1cc(F)cc(CN2CCn3cnnc3C2)c1. The zero-order valence-corrected chi connectivity index (χ0v) is 10.7. The molecule has 0 aliphatic carbocycles. The zero-order chi connectivity index (χ0) is 14.1. The number of hydrogen-bond acceptors (Lipinski definition) is 4. The molecule has 7 heteroatoms. The summed E-state index contributed by atoms with van der Waals surface area (Å²) in [6.45, 7) is 2.69. The number of hydrogen-bond donors (Lipinski definition) is 1. The number of rotatable bonds is 3. The van der Waals surface area contributed by atoms with Crippen LogP contribution in [0.4, 0.5) is 4.39 Å². The van der Waals surface area contributed by atoms with Gasteiger partial charge in [0.25, 0.3) is 0 Å². The minimum absolute atomic E-state index is 0.0276. The summed E-state index contributed by atoms with van der Waals surface area (Å²) in [6, 6.07) is 3.90. The molecule has 20 heavy (non-hydrogen) atoms. The molecule has 3 rings (SSSR count). The third kappa shape index (κ3) is 2.53. The first-order valence-electron chi connectivity index (χ1n) is 6.23. The van der Waals surface area contributed by atoms with Crippen molar-refractivity contribution in [1.29, 1.82) is 0 Å². The molecule has 0 saturated carbocycles. The van der Waals surface area contributed by atoms with E-state index in [2.05, 4.69) is 15.1 Å². The molecule has 1 N–H and O–H groups in total. The Morgan fingerprint density at radius 2 is 2.20 bits per heavy atom. The number of aromatic nitrogens is 3. The highest BCUT2D eigenvalue weighted by Crippen LogP contribution is 2.16. The Labute approximate surface area is 114 Å². The van der Waals surface area contributed by atoms with Gasteiger partial charge in [-0.2, -0.15) is 0 Å². The van der Waals surface area contributed by atoms with Crippen molar-refractivity contribution in [1.82, 2.24) is 19.7 Å². The van der Waals surface area contributed by atoms with Crippen LogP contribution in [0.3, 0.4) is 0 Å². The Morgan fingerprint density at radius 1 is 1.35 bits per heavy atom. The van der Waals surface area contributed by atoms with Gasteiger partial charge in [-0.1, -0.05) is 0 Å². The molecule has 1 aliphatic rings. The van der Waals surface area contributed by atoms with Crippen LogP contribution in [0.15, 0.2) is 24.5 Å². The molecule has 1 aromatic heterocycles. The molecule has 1 aliphatic heterocycles. The molecule has 2 heterocycles. The van der Waals surface area contributed by atoms with E-state index >= 15 is 0 Å². The molecule has 0 radical (unpaired) electrons. The second kappa shape index (κ2) is 5.01. The zero-order valence-electron chi connectivity index (χ0n) is 10.7. The number of benzene rings is 1. The number of halogens is 1. The van der Waals surface area contributed by atoms with Crippen LogP contribution >= 0.6 is 0 Å². The lowest BCUT2D eigenvalue weighted by Crippen LogP contribution is -2.33. The van der Waals surface area contributed by atoms with Gasteiger partial charge in [0, 0.05) is 19.6 Å². The van der Waals surface area contributed by atoms with Gasteiger partial charge in [0.15, 0.2) is 0 Å². The van der Waals surface area contributed by atoms with Crippen molar-refractivity contribution in [2.24, 2.45) is 0 Å². The van der Waals surface area contributed by atoms with Gasteiger partial charge < -0.3 is 9.67 Å². The standard InChI is InChI=1S/C13H13FN4O2/c14-11-4-9(3-10(5-11)13(19)20)6-17-1-2-18-8-15-16-12(18)7-17/h3-5,8H,1-2,6-7H2,(H,19,20). The monoisotopic (exact) mass is 276 g/mol. The lowest BCUT2D eigenvalue weighted by Gasteiger charge is -2.26. The number of nitrogens with zero attached hydrogens (tertiary/aromatic N) is 4. The highest BCUT2D eigenvalue weighted by Gasteiger charge is 2.18. The molecule has 0 fully saturated rings. The van der Waals surface area contributed by atoms with Crippen molar-refractivity contribution in [3.05, 3.63) is 47.3 Å². The van der Waals surface area contributed by atoms with Gasteiger partial charge in [-0.25, -0.2) is 9.18 Å². The van der Waals surface area contributed by atoms with Gasteiger partial charge in [0.2, 0.25) is 0 Å². The Hall–Kier alpha value is -2.28. The number of carbonyl (C=O) groups is 1. The van der Waals surface area contributed by atoms with E-state index < -0.39 is 11.8 Å². The van der Waals surface area contributed by atoms with Crippen molar-refractivity contribution >= 4 is 5.97 Å². The molecule has 0 spiro atoms. The van der Waals surface area contributed by atoms with E-state index in [-0.39, 0.29) is 5.56 Å². The summed E-state index contributed by atoms with van der Waals surface area (Å²) in [5.41, 5.74) is 0.621. The second-order valence-electron chi connectivity index (χ2n) is 4.80. The Kier molecular flexibility index (Phi) is 3.19. The van der Waals surface area contributed by atoms with E-state index in [1.165, 1.54) is 12.1 Å². The number of carboxylic acids is 1. The highest BCUT2D eigenvalue weighted by molar-refractivity contribution is 5.87. The third-order valence-electron chi connectivity index (χ3n) is 3.33. The number of aromatic carboxylic acids is 1. The summed E-state index contributed by atoms with van der Waals surface area (Å²) < 4.78 is 15.4. The van der Waals surface area contributed by atoms with E-state index in [4.69, 9.17) is 5.11 Å². The average Bonchev–Trinajstić information content (AvgIpc) is 2.85. The second-order valence-corrected chi connectivity index (χ2v) is 4.80. The molecular formula is C13H13FN4O2. The lowest BCUT2D eigenvalue weighted by atomic mass is 10.1. The van der Waals surface area contributed by atoms with Crippen molar-refractivity contribution in [2.45, 2.75) is 19.6 Å². The van der Waals surface area contributed by atoms with Crippen LogP contribution in [0.1, 0.15) is 21.7 Å². The van der Waals surface area contributed by atoms with Gasteiger partial charge >= 0.3 is 5.97 Å². The van der Waals surface area contributed by atoms with Crippen molar-refractivity contribution in [2.75, 3.05) is 6.54 Å². The van der Waals surface area contributed by atoms with E-state index in [1.807, 2.05) is 4.57 Å². The maximum absolute atomic E-state index is 13.4. The highest BCUT2D eigenvalue weighted by atomic mass is 19.1. The maximum atomic E-state index is 13.4. The predicted molar refractivity (Wildman–Crippen MR) is 67.5 cm³/mol. The fourth-order valence-electron chi connectivity index (χ4n) is 2.37. The smallest absolute Gasteiger partial charge is 0.335 e. The first-order chi connectivity index (χ1) is 9.61. The normalized spacial score (nSPS) is 15.1. The van der Waals surface area contributed by atoms with Crippen LogP contribution < -0.4 is 0 Å². The van der Waals surface area contributed by atoms with Crippen molar-refractivity contribution in [3.8, 4) is 0 Å². The van der Waals surface area contributed by atoms with Gasteiger partial charge in [0.1, 0.15) is 18.0 Å². The van der Waals surface area contributed by atoms with Gasteiger partial charge in [-0.05, 0) is 23.8 Å². The average molecular weight is 276 g/mol. The van der Waals surface area contributed by atoms with Crippen molar-refractivity contribution < 1.29 is 14.3 Å².